The molecule has 4 saturated heterocycles. The number of rotatable bonds is 3. The highest BCUT2D eigenvalue weighted by Gasteiger charge is 2.51. The summed E-state index contributed by atoms with van der Waals surface area (Å²) in [5, 5.41) is 12.7. The van der Waals surface area contributed by atoms with Crippen molar-refractivity contribution in [3.05, 3.63) is 0 Å². The normalized spacial score (nSPS) is 39.5. The van der Waals surface area contributed by atoms with Crippen LogP contribution < -0.4 is 21.3 Å². The molecule has 0 aromatic rings. The standard InChI is InChI=1S/C17H29F3N6O/c1-2-10-7-25(16(27)24-9-17(18,19)20)8-11(10)13-5-22-14-6-23-15-12(26(13)14)3-4-21-15/h10-15,21-23H,2-9H2,1H3,(H,24,27). The van der Waals surface area contributed by atoms with Crippen molar-refractivity contribution in [3.63, 3.8) is 0 Å². The van der Waals surface area contributed by atoms with E-state index >= 15 is 0 Å². The van der Waals surface area contributed by atoms with E-state index in [1.54, 1.807) is 4.90 Å². The lowest BCUT2D eigenvalue weighted by Crippen LogP contribution is -2.65. The molecule has 7 nitrogen and oxygen atoms in total. The molecule has 0 saturated carbocycles. The van der Waals surface area contributed by atoms with Gasteiger partial charge in [-0.25, -0.2) is 4.79 Å². The van der Waals surface area contributed by atoms with Crippen molar-refractivity contribution in [3.8, 4) is 0 Å². The number of alkyl halides is 3. The average molecular weight is 390 g/mol. The van der Waals surface area contributed by atoms with Gasteiger partial charge in [0.15, 0.2) is 0 Å². The van der Waals surface area contributed by atoms with Crippen molar-refractivity contribution in [1.29, 1.82) is 0 Å². The molecule has 0 aromatic carbocycles. The first-order valence-electron chi connectivity index (χ1n) is 9.94. The SMILES string of the molecule is CCC1CN(C(=O)NCC(F)(F)F)CC1C1CNC2CNC3NCCC3N21. The van der Waals surface area contributed by atoms with Crippen LogP contribution in [0.15, 0.2) is 0 Å². The molecular weight excluding hydrogens is 361 g/mol. The molecule has 4 aliphatic rings. The minimum atomic E-state index is -4.38. The summed E-state index contributed by atoms with van der Waals surface area (Å²) in [6, 6.07) is 0.140. The fourth-order valence-electron chi connectivity index (χ4n) is 5.40. The molecule has 27 heavy (non-hydrogen) atoms. The van der Waals surface area contributed by atoms with Crippen LogP contribution in [0.4, 0.5) is 18.0 Å². The number of fused-ring (bicyclic) bond motifs is 3. The van der Waals surface area contributed by atoms with Gasteiger partial charge in [0, 0.05) is 38.3 Å². The van der Waals surface area contributed by atoms with E-state index in [1.165, 1.54) is 0 Å². The fraction of sp³-hybridized carbons (Fsp3) is 0.941. The van der Waals surface area contributed by atoms with Crippen LogP contribution in [0.25, 0.3) is 0 Å². The van der Waals surface area contributed by atoms with Crippen LogP contribution in [0.5, 0.6) is 0 Å². The summed E-state index contributed by atoms with van der Waals surface area (Å²) in [6.45, 7) is 4.63. The molecule has 0 aliphatic carbocycles. The van der Waals surface area contributed by atoms with Gasteiger partial charge in [-0.15, -0.1) is 0 Å². The molecule has 0 bridgehead atoms. The maximum atomic E-state index is 12.4. The van der Waals surface area contributed by atoms with E-state index < -0.39 is 18.8 Å². The van der Waals surface area contributed by atoms with Gasteiger partial charge in [-0.2, -0.15) is 13.2 Å². The highest BCUT2D eigenvalue weighted by molar-refractivity contribution is 5.74. The first-order chi connectivity index (χ1) is 12.9. The minimum absolute atomic E-state index is 0.281. The predicted octanol–water partition coefficient (Wildman–Crippen LogP) is 0.107. The van der Waals surface area contributed by atoms with Crippen molar-refractivity contribution in [2.75, 3.05) is 39.3 Å². The molecule has 6 atom stereocenters. The van der Waals surface area contributed by atoms with Crippen LogP contribution in [0.1, 0.15) is 19.8 Å². The van der Waals surface area contributed by atoms with Crippen molar-refractivity contribution < 1.29 is 18.0 Å². The van der Waals surface area contributed by atoms with E-state index in [0.29, 0.717) is 43.4 Å². The maximum Gasteiger partial charge on any atom is 0.405 e. The van der Waals surface area contributed by atoms with Gasteiger partial charge in [0.05, 0.1) is 12.3 Å². The molecule has 6 unspecified atom stereocenters. The summed E-state index contributed by atoms with van der Waals surface area (Å²) in [5.41, 5.74) is 0. The zero-order valence-corrected chi connectivity index (χ0v) is 15.6. The molecule has 0 aromatic heterocycles. The summed E-state index contributed by atoms with van der Waals surface area (Å²) < 4.78 is 37.3. The number of carbonyl (C=O) groups is 1. The van der Waals surface area contributed by atoms with Crippen molar-refractivity contribution >= 4 is 6.03 Å². The smallest absolute Gasteiger partial charge is 0.329 e. The molecule has 4 rings (SSSR count). The second-order valence-corrected chi connectivity index (χ2v) is 8.15. The molecule has 0 radical (unpaired) electrons. The summed E-state index contributed by atoms with van der Waals surface area (Å²) in [4.78, 5) is 16.4. The Kier molecular flexibility index (Phi) is 5.26. The van der Waals surface area contributed by atoms with Gasteiger partial charge < -0.3 is 15.5 Å². The third kappa shape index (κ3) is 3.76. The van der Waals surface area contributed by atoms with Crippen LogP contribution in [0.2, 0.25) is 0 Å². The molecule has 154 valence electrons. The number of likely N-dealkylation sites (tertiary alicyclic amines) is 1. The second kappa shape index (κ2) is 7.38. The van der Waals surface area contributed by atoms with Crippen molar-refractivity contribution in [2.24, 2.45) is 11.8 Å². The lowest BCUT2D eigenvalue weighted by molar-refractivity contribution is -0.123. The van der Waals surface area contributed by atoms with Gasteiger partial charge >= 0.3 is 12.2 Å². The Morgan fingerprint density at radius 3 is 2.70 bits per heavy atom. The monoisotopic (exact) mass is 390 g/mol. The third-order valence-corrected chi connectivity index (χ3v) is 6.65. The Morgan fingerprint density at radius 1 is 1.15 bits per heavy atom. The van der Waals surface area contributed by atoms with Crippen LogP contribution in [0.3, 0.4) is 0 Å². The zero-order valence-electron chi connectivity index (χ0n) is 15.6. The molecule has 4 N–H and O–H groups in total. The Bertz CT molecular complexity index is 561. The number of hydrogen-bond donors (Lipinski definition) is 4. The van der Waals surface area contributed by atoms with E-state index in [-0.39, 0.29) is 5.92 Å². The Morgan fingerprint density at radius 2 is 1.96 bits per heavy atom. The number of nitrogens with one attached hydrogen (secondary N) is 4. The van der Waals surface area contributed by atoms with E-state index in [9.17, 15) is 18.0 Å². The topological polar surface area (TPSA) is 71.7 Å². The molecule has 0 spiro atoms. The number of carbonyl (C=O) groups excluding carboxylic acids is 1. The van der Waals surface area contributed by atoms with Gasteiger partial charge in [-0.3, -0.25) is 15.5 Å². The quantitative estimate of drug-likeness (QED) is 0.551. The molecule has 4 aliphatic heterocycles. The maximum absolute atomic E-state index is 12.4. The Labute approximate surface area is 157 Å². The first kappa shape index (κ1) is 19.2. The van der Waals surface area contributed by atoms with E-state index in [1.807, 2.05) is 5.32 Å². The van der Waals surface area contributed by atoms with Crippen LogP contribution in [-0.2, 0) is 0 Å². The molecule has 10 heteroatoms. The van der Waals surface area contributed by atoms with Crippen molar-refractivity contribution in [2.45, 2.75) is 50.4 Å². The largest absolute Gasteiger partial charge is 0.405 e. The third-order valence-electron chi connectivity index (χ3n) is 6.65. The van der Waals surface area contributed by atoms with Gasteiger partial charge in [-0.05, 0) is 24.8 Å². The van der Waals surface area contributed by atoms with Gasteiger partial charge in [0.1, 0.15) is 6.54 Å². The number of urea groups is 1. The summed E-state index contributed by atoms with van der Waals surface area (Å²) >= 11 is 0. The van der Waals surface area contributed by atoms with Gasteiger partial charge in [-0.1, -0.05) is 13.3 Å². The predicted molar refractivity (Wildman–Crippen MR) is 93.9 cm³/mol. The number of halogens is 3. The highest BCUT2D eigenvalue weighted by atomic mass is 19.4. The molecule has 4 fully saturated rings. The lowest BCUT2D eigenvalue weighted by Gasteiger charge is -2.44. The minimum Gasteiger partial charge on any atom is -0.329 e. The average Bonchev–Trinajstić information content (AvgIpc) is 3.33. The van der Waals surface area contributed by atoms with Crippen LogP contribution in [0, 0.1) is 11.8 Å². The number of nitrogens with zero attached hydrogens (tertiary/aromatic N) is 2. The molecule has 2 amide bonds. The summed E-state index contributed by atoms with van der Waals surface area (Å²) in [7, 11) is 0. The number of piperazine rings is 1. The highest BCUT2D eigenvalue weighted by Crippen LogP contribution is 2.36. The lowest BCUT2D eigenvalue weighted by atomic mass is 9.86. The summed E-state index contributed by atoms with van der Waals surface area (Å²) in [5.74, 6) is 0.596. The van der Waals surface area contributed by atoms with Gasteiger partial charge in [0.25, 0.3) is 0 Å². The van der Waals surface area contributed by atoms with Crippen molar-refractivity contribution in [1.82, 2.24) is 31.1 Å². The van der Waals surface area contributed by atoms with Crippen LogP contribution >= 0.6 is 0 Å². The Hall–Kier alpha value is -1.10. The second-order valence-electron chi connectivity index (χ2n) is 8.15. The molecule has 4 heterocycles. The number of amides is 2. The molecular formula is C17H29F3N6O. The summed E-state index contributed by atoms with van der Waals surface area (Å²) in [6.07, 6.45) is -1.77. The van der Waals surface area contributed by atoms with E-state index in [0.717, 1.165) is 32.5 Å². The fourth-order valence-corrected chi connectivity index (χ4v) is 5.40. The van der Waals surface area contributed by atoms with Crippen LogP contribution in [-0.4, -0.2) is 85.7 Å². The van der Waals surface area contributed by atoms with E-state index in [4.69, 9.17) is 0 Å². The Balaban J connectivity index is 1.44. The number of hydrogen-bond acceptors (Lipinski definition) is 5. The van der Waals surface area contributed by atoms with E-state index in [2.05, 4.69) is 27.8 Å². The zero-order chi connectivity index (χ0) is 19.2. The first-order valence-corrected chi connectivity index (χ1v) is 9.94. The van der Waals surface area contributed by atoms with Gasteiger partial charge in [0.2, 0.25) is 0 Å².